The molecule has 0 atom stereocenters. The molecule has 0 saturated carbocycles. The standard InChI is InChI=1S/C13H22N4O3/c1-8-12(9(2)16-15-8)14-10(18)6-17(7-11(19)20)13(3,4)5/h6-7H2,1-5H3,(H,14,18)(H,15,16)(H,19,20). The SMILES string of the molecule is Cc1n[nH]c(C)c1NC(=O)CN(CC(=O)O)C(C)(C)C. The van der Waals surface area contributed by atoms with Crippen molar-refractivity contribution in [2.45, 2.75) is 40.2 Å². The van der Waals surface area contributed by atoms with Crippen molar-refractivity contribution >= 4 is 17.6 Å². The molecule has 112 valence electrons. The first-order valence-corrected chi connectivity index (χ1v) is 6.39. The lowest BCUT2D eigenvalue weighted by atomic mass is 10.1. The van der Waals surface area contributed by atoms with Crippen LogP contribution in [0.25, 0.3) is 0 Å². The average molecular weight is 282 g/mol. The van der Waals surface area contributed by atoms with Gasteiger partial charge >= 0.3 is 5.97 Å². The summed E-state index contributed by atoms with van der Waals surface area (Å²) in [5, 5.41) is 18.5. The predicted octanol–water partition coefficient (Wildman–Crippen LogP) is 1.15. The number of carboxylic acid groups (broad SMARTS) is 1. The van der Waals surface area contributed by atoms with E-state index >= 15 is 0 Å². The van der Waals surface area contributed by atoms with Crippen LogP contribution in [0.4, 0.5) is 5.69 Å². The number of aromatic amines is 1. The van der Waals surface area contributed by atoms with E-state index < -0.39 is 11.5 Å². The highest BCUT2D eigenvalue weighted by Gasteiger charge is 2.26. The number of aromatic nitrogens is 2. The van der Waals surface area contributed by atoms with Gasteiger partial charge in [-0.15, -0.1) is 0 Å². The smallest absolute Gasteiger partial charge is 0.317 e. The van der Waals surface area contributed by atoms with Crippen LogP contribution in [0.2, 0.25) is 0 Å². The van der Waals surface area contributed by atoms with Crippen molar-refractivity contribution in [2.75, 3.05) is 18.4 Å². The molecule has 1 heterocycles. The summed E-state index contributed by atoms with van der Waals surface area (Å²) in [5.41, 5.74) is 1.72. The molecule has 0 aliphatic carbocycles. The van der Waals surface area contributed by atoms with Crippen molar-refractivity contribution in [1.29, 1.82) is 0 Å². The van der Waals surface area contributed by atoms with E-state index in [4.69, 9.17) is 5.11 Å². The van der Waals surface area contributed by atoms with Crippen molar-refractivity contribution in [3.05, 3.63) is 11.4 Å². The van der Waals surface area contributed by atoms with E-state index in [1.54, 1.807) is 11.8 Å². The molecule has 3 N–H and O–H groups in total. The van der Waals surface area contributed by atoms with Gasteiger partial charge in [-0.1, -0.05) is 0 Å². The second kappa shape index (κ2) is 6.04. The number of anilines is 1. The van der Waals surface area contributed by atoms with E-state index in [2.05, 4.69) is 15.5 Å². The van der Waals surface area contributed by atoms with Crippen molar-refractivity contribution in [3.63, 3.8) is 0 Å². The van der Waals surface area contributed by atoms with Gasteiger partial charge in [0.2, 0.25) is 5.91 Å². The molecule has 0 aliphatic rings. The number of nitrogens with zero attached hydrogens (tertiary/aromatic N) is 2. The molecule has 7 nitrogen and oxygen atoms in total. The molecule has 0 saturated heterocycles. The van der Waals surface area contributed by atoms with Crippen molar-refractivity contribution in [3.8, 4) is 0 Å². The van der Waals surface area contributed by atoms with Gasteiger partial charge < -0.3 is 10.4 Å². The quantitative estimate of drug-likeness (QED) is 0.752. The van der Waals surface area contributed by atoms with Crippen molar-refractivity contribution in [2.24, 2.45) is 0 Å². The monoisotopic (exact) mass is 282 g/mol. The third-order valence-electron chi connectivity index (χ3n) is 3.00. The molecule has 0 unspecified atom stereocenters. The molecule has 1 aromatic rings. The summed E-state index contributed by atoms with van der Waals surface area (Å²) in [6, 6.07) is 0. The molecule has 0 spiro atoms. The first kappa shape index (κ1) is 16.2. The molecule has 7 heteroatoms. The number of carbonyl (C=O) groups is 2. The molecule has 1 amide bonds. The van der Waals surface area contributed by atoms with Crippen LogP contribution in [0.15, 0.2) is 0 Å². The first-order valence-electron chi connectivity index (χ1n) is 6.39. The molecular formula is C13H22N4O3. The van der Waals surface area contributed by atoms with Crippen LogP contribution in [0.1, 0.15) is 32.2 Å². The maximum atomic E-state index is 12.1. The number of aryl methyl sites for hydroxylation is 2. The van der Waals surface area contributed by atoms with E-state index in [-0.39, 0.29) is 19.0 Å². The number of H-pyrrole nitrogens is 1. The number of amides is 1. The summed E-state index contributed by atoms with van der Waals surface area (Å²) in [6.45, 7) is 9.05. The number of aliphatic carboxylic acids is 1. The normalized spacial score (nSPS) is 11.7. The van der Waals surface area contributed by atoms with Gasteiger partial charge in [0.1, 0.15) is 0 Å². The first-order chi connectivity index (χ1) is 9.11. The molecular weight excluding hydrogens is 260 g/mol. The van der Waals surface area contributed by atoms with E-state index in [0.29, 0.717) is 11.4 Å². The van der Waals surface area contributed by atoms with Gasteiger partial charge in [-0.2, -0.15) is 5.10 Å². The minimum Gasteiger partial charge on any atom is -0.480 e. The zero-order valence-corrected chi connectivity index (χ0v) is 12.6. The summed E-state index contributed by atoms with van der Waals surface area (Å²) in [6.07, 6.45) is 0. The molecule has 0 radical (unpaired) electrons. The van der Waals surface area contributed by atoms with Gasteiger partial charge in [0.15, 0.2) is 0 Å². The van der Waals surface area contributed by atoms with Crippen LogP contribution >= 0.6 is 0 Å². The predicted molar refractivity (Wildman–Crippen MR) is 75.7 cm³/mol. The van der Waals surface area contributed by atoms with Crippen LogP contribution in [0.3, 0.4) is 0 Å². The van der Waals surface area contributed by atoms with Crippen LogP contribution in [0, 0.1) is 13.8 Å². The van der Waals surface area contributed by atoms with Crippen molar-refractivity contribution < 1.29 is 14.7 Å². The largest absolute Gasteiger partial charge is 0.480 e. The molecule has 20 heavy (non-hydrogen) atoms. The van der Waals surface area contributed by atoms with E-state index in [1.165, 1.54) is 0 Å². The molecule has 1 rings (SSSR count). The van der Waals surface area contributed by atoms with Gasteiger partial charge in [-0.05, 0) is 34.6 Å². The molecule has 1 aromatic heterocycles. The number of hydrogen-bond donors (Lipinski definition) is 3. The maximum Gasteiger partial charge on any atom is 0.317 e. The van der Waals surface area contributed by atoms with Gasteiger partial charge in [0.25, 0.3) is 0 Å². The Bertz CT molecular complexity index is 483. The average Bonchev–Trinajstić information content (AvgIpc) is 2.58. The van der Waals surface area contributed by atoms with Gasteiger partial charge in [-0.25, -0.2) is 0 Å². The summed E-state index contributed by atoms with van der Waals surface area (Å²) >= 11 is 0. The Kier molecular flexibility index (Phi) is 4.88. The highest BCUT2D eigenvalue weighted by Crippen LogP contribution is 2.17. The molecule has 0 bridgehead atoms. The Balaban J connectivity index is 2.74. The van der Waals surface area contributed by atoms with Gasteiger partial charge in [-0.3, -0.25) is 19.6 Å². The Morgan fingerprint density at radius 1 is 1.30 bits per heavy atom. The summed E-state index contributed by atoms with van der Waals surface area (Å²) in [5.74, 6) is -1.21. The number of hydrogen-bond acceptors (Lipinski definition) is 4. The fourth-order valence-electron chi connectivity index (χ4n) is 1.78. The third-order valence-corrected chi connectivity index (χ3v) is 3.00. The van der Waals surface area contributed by atoms with E-state index in [1.807, 2.05) is 27.7 Å². The van der Waals surface area contributed by atoms with Crippen LogP contribution in [-0.4, -0.2) is 50.7 Å². The fourth-order valence-corrected chi connectivity index (χ4v) is 1.78. The summed E-state index contributed by atoms with van der Waals surface area (Å²) in [7, 11) is 0. The Hall–Kier alpha value is -1.89. The lowest BCUT2D eigenvalue weighted by molar-refractivity contribution is -0.140. The Morgan fingerprint density at radius 3 is 2.30 bits per heavy atom. The van der Waals surface area contributed by atoms with Crippen LogP contribution < -0.4 is 5.32 Å². The maximum absolute atomic E-state index is 12.1. The number of carboxylic acids is 1. The highest BCUT2D eigenvalue weighted by molar-refractivity contribution is 5.93. The lowest BCUT2D eigenvalue weighted by Crippen LogP contribution is -2.48. The zero-order chi connectivity index (χ0) is 15.5. The number of rotatable bonds is 5. The van der Waals surface area contributed by atoms with Crippen LogP contribution in [0.5, 0.6) is 0 Å². The Morgan fingerprint density at radius 2 is 1.90 bits per heavy atom. The minimum absolute atomic E-state index is 0.0137. The fraction of sp³-hybridized carbons (Fsp3) is 0.615. The Labute approximate surface area is 118 Å². The molecule has 0 aromatic carbocycles. The summed E-state index contributed by atoms with van der Waals surface area (Å²) in [4.78, 5) is 24.5. The summed E-state index contributed by atoms with van der Waals surface area (Å²) < 4.78 is 0. The van der Waals surface area contributed by atoms with E-state index in [9.17, 15) is 9.59 Å². The molecule has 0 fully saturated rings. The molecule has 0 aliphatic heterocycles. The lowest BCUT2D eigenvalue weighted by Gasteiger charge is -2.33. The highest BCUT2D eigenvalue weighted by atomic mass is 16.4. The van der Waals surface area contributed by atoms with Crippen LogP contribution in [-0.2, 0) is 9.59 Å². The van der Waals surface area contributed by atoms with Crippen molar-refractivity contribution in [1.82, 2.24) is 15.1 Å². The number of carbonyl (C=O) groups excluding carboxylic acids is 1. The van der Waals surface area contributed by atoms with Gasteiger partial charge in [0, 0.05) is 5.54 Å². The third kappa shape index (κ3) is 4.34. The van der Waals surface area contributed by atoms with Gasteiger partial charge in [0.05, 0.1) is 30.2 Å². The minimum atomic E-state index is -0.955. The second-order valence-corrected chi connectivity index (χ2v) is 5.78. The zero-order valence-electron chi connectivity index (χ0n) is 12.6. The topological polar surface area (TPSA) is 98.3 Å². The number of nitrogens with one attached hydrogen (secondary N) is 2. The van der Waals surface area contributed by atoms with E-state index in [0.717, 1.165) is 5.69 Å². The second-order valence-electron chi connectivity index (χ2n) is 5.78.